The van der Waals surface area contributed by atoms with Gasteiger partial charge in [-0.3, -0.25) is 4.79 Å². The molecule has 9 heteroatoms. The topological polar surface area (TPSA) is 63.2 Å². The highest BCUT2D eigenvalue weighted by Crippen LogP contribution is 2.27. The lowest BCUT2D eigenvalue weighted by molar-refractivity contribution is 0.0980. The minimum Gasteiger partial charge on any atom is -0.268 e. The number of thiophene rings is 1. The molecule has 0 bridgehead atoms. The number of amides is 1. The van der Waals surface area contributed by atoms with E-state index in [1.165, 1.54) is 12.1 Å². The minimum atomic E-state index is -3.86. The van der Waals surface area contributed by atoms with Gasteiger partial charge in [0.05, 0.1) is 9.35 Å². The van der Waals surface area contributed by atoms with E-state index in [4.69, 9.17) is 0 Å². The maximum atomic E-state index is 12.0. The Morgan fingerprint density at radius 3 is 2.35 bits per heavy atom. The molecule has 1 aromatic heterocycles. The van der Waals surface area contributed by atoms with E-state index in [1.54, 1.807) is 18.2 Å². The molecular weight excluding hydrogens is 498 g/mol. The van der Waals surface area contributed by atoms with Gasteiger partial charge in [0.15, 0.2) is 0 Å². The molecule has 0 saturated carbocycles. The van der Waals surface area contributed by atoms with Crippen molar-refractivity contribution < 1.29 is 13.2 Å². The predicted octanol–water partition coefficient (Wildman–Crippen LogP) is 4.15. The van der Waals surface area contributed by atoms with Crippen molar-refractivity contribution in [3.63, 3.8) is 0 Å². The van der Waals surface area contributed by atoms with Gasteiger partial charge in [0, 0.05) is 8.95 Å². The molecule has 1 N–H and O–H groups in total. The monoisotopic (exact) mass is 501 g/mol. The zero-order chi connectivity index (χ0) is 14.9. The first-order chi connectivity index (χ1) is 9.29. The molecule has 2 rings (SSSR count). The fraction of sp³-hybridized carbons (Fsp3) is 0. The van der Waals surface area contributed by atoms with Gasteiger partial charge in [-0.15, -0.1) is 11.3 Å². The van der Waals surface area contributed by atoms with Crippen molar-refractivity contribution in [2.45, 2.75) is 4.21 Å². The molecule has 2 aromatic rings. The summed E-state index contributed by atoms with van der Waals surface area (Å²) >= 11 is 10.7. The van der Waals surface area contributed by atoms with E-state index in [1.807, 2.05) is 4.72 Å². The van der Waals surface area contributed by atoms with Crippen LogP contribution in [0.5, 0.6) is 0 Å². The number of carbonyl (C=O) groups is 1. The number of sulfonamides is 1. The first kappa shape index (κ1) is 16.2. The lowest BCUT2D eigenvalue weighted by atomic mass is 10.2. The van der Waals surface area contributed by atoms with Crippen molar-refractivity contribution in [1.82, 2.24) is 4.72 Å². The van der Waals surface area contributed by atoms with E-state index < -0.39 is 15.9 Å². The standard InChI is InChI=1S/C11H6Br3NO3S2/c12-6-1-2-7(8(13)5-6)11(16)15-20(17,18)10-4-3-9(14)19-10/h1-5H,(H,15,16). The van der Waals surface area contributed by atoms with Crippen LogP contribution in [0.4, 0.5) is 0 Å². The molecule has 0 aliphatic carbocycles. The Labute approximate surface area is 145 Å². The Morgan fingerprint density at radius 1 is 1.10 bits per heavy atom. The summed E-state index contributed by atoms with van der Waals surface area (Å²) in [5.41, 5.74) is 0.243. The van der Waals surface area contributed by atoms with Gasteiger partial charge in [-0.05, 0) is 62.2 Å². The summed E-state index contributed by atoms with van der Waals surface area (Å²) in [5.74, 6) is -0.686. The Balaban J connectivity index is 2.27. The van der Waals surface area contributed by atoms with Crippen molar-refractivity contribution in [3.05, 3.63) is 48.6 Å². The van der Waals surface area contributed by atoms with Crippen LogP contribution in [0.25, 0.3) is 0 Å². The van der Waals surface area contributed by atoms with Crippen LogP contribution in [0.15, 0.2) is 47.3 Å². The van der Waals surface area contributed by atoms with Gasteiger partial charge in [-0.1, -0.05) is 15.9 Å². The summed E-state index contributed by atoms with van der Waals surface area (Å²) in [6.07, 6.45) is 0. The molecule has 106 valence electrons. The molecule has 20 heavy (non-hydrogen) atoms. The van der Waals surface area contributed by atoms with Gasteiger partial charge < -0.3 is 0 Å². The lowest BCUT2D eigenvalue weighted by Gasteiger charge is -2.07. The molecule has 0 aliphatic heterocycles. The second-order valence-electron chi connectivity index (χ2n) is 3.62. The summed E-state index contributed by atoms with van der Waals surface area (Å²) in [5, 5.41) is 0. The van der Waals surface area contributed by atoms with Gasteiger partial charge in [0.1, 0.15) is 4.21 Å². The predicted molar refractivity (Wildman–Crippen MR) is 88.5 cm³/mol. The second kappa shape index (κ2) is 6.27. The van der Waals surface area contributed by atoms with Gasteiger partial charge in [-0.25, -0.2) is 13.1 Å². The molecule has 0 atom stereocenters. The molecule has 0 spiro atoms. The van der Waals surface area contributed by atoms with Crippen molar-refractivity contribution in [1.29, 1.82) is 0 Å². The molecule has 1 heterocycles. The smallest absolute Gasteiger partial charge is 0.268 e. The average molecular weight is 504 g/mol. The zero-order valence-corrected chi connectivity index (χ0v) is 16.0. The Morgan fingerprint density at radius 2 is 1.80 bits per heavy atom. The van der Waals surface area contributed by atoms with Crippen LogP contribution in [0, 0.1) is 0 Å². The molecule has 0 fully saturated rings. The number of rotatable bonds is 3. The molecule has 0 aliphatic rings. The first-order valence-electron chi connectivity index (χ1n) is 5.07. The highest BCUT2D eigenvalue weighted by atomic mass is 79.9. The number of hydrogen-bond donors (Lipinski definition) is 1. The fourth-order valence-corrected chi connectivity index (χ4v) is 5.55. The molecule has 0 radical (unpaired) electrons. The third kappa shape index (κ3) is 3.70. The quantitative estimate of drug-likeness (QED) is 0.684. The molecule has 1 amide bonds. The van der Waals surface area contributed by atoms with E-state index >= 15 is 0 Å². The highest BCUT2D eigenvalue weighted by Gasteiger charge is 2.21. The molecule has 0 unspecified atom stereocenters. The van der Waals surface area contributed by atoms with E-state index in [9.17, 15) is 13.2 Å². The number of hydrogen-bond acceptors (Lipinski definition) is 4. The van der Waals surface area contributed by atoms with Crippen LogP contribution in [0.2, 0.25) is 0 Å². The van der Waals surface area contributed by atoms with E-state index in [2.05, 4.69) is 47.8 Å². The van der Waals surface area contributed by atoms with Crippen molar-refractivity contribution in [3.8, 4) is 0 Å². The normalized spacial score (nSPS) is 11.3. The second-order valence-corrected chi connectivity index (χ2v) is 9.76. The molecular formula is C11H6Br3NO3S2. The summed E-state index contributed by atoms with van der Waals surface area (Å²) in [7, 11) is -3.86. The summed E-state index contributed by atoms with van der Waals surface area (Å²) in [6.45, 7) is 0. The van der Waals surface area contributed by atoms with Gasteiger partial charge in [0.2, 0.25) is 0 Å². The Bertz CT molecular complexity index is 771. The lowest BCUT2D eigenvalue weighted by Crippen LogP contribution is -2.30. The van der Waals surface area contributed by atoms with Gasteiger partial charge in [0.25, 0.3) is 15.9 Å². The largest absolute Gasteiger partial charge is 0.273 e. The van der Waals surface area contributed by atoms with Crippen molar-refractivity contribution in [2.24, 2.45) is 0 Å². The minimum absolute atomic E-state index is 0.0750. The number of nitrogens with one attached hydrogen (secondary N) is 1. The SMILES string of the molecule is O=C(NS(=O)(=O)c1ccc(Br)s1)c1ccc(Br)cc1Br. The van der Waals surface area contributed by atoms with Crippen molar-refractivity contribution in [2.75, 3.05) is 0 Å². The zero-order valence-electron chi connectivity index (χ0n) is 9.56. The van der Waals surface area contributed by atoms with E-state index in [0.717, 1.165) is 15.8 Å². The van der Waals surface area contributed by atoms with Gasteiger partial charge >= 0.3 is 0 Å². The third-order valence-corrected chi connectivity index (χ3v) is 6.81. The van der Waals surface area contributed by atoms with Crippen LogP contribution in [-0.2, 0) is 10.0 Å². The number of halogens is 3. The maximum absolute atomic E-state index is 12.0. The van der Waals surface area contributed by atoms with Crippen LogP contribution >= 0.6 is 59.1 Å². The molecule has 1 aromatic carbocycles. The van der Waals surface area contributed by atoms with Crippen molar-refractivity contribution >= 4 is 75.1 Å². The highest BCUT2D eigenvalue weighted by molar-refractivity contribution is 9.11. The Hall–Kier alpha value is -0.220. The van der Waals surface area contributed by atoms with Gasteiger partial charge in [-0.2, -0.15) is 0 Å². The number of benzene rings is 1. The van der Waals surface area contributed by atoms with Crippen LogP contribution in [-0.4, -0.2) is 14.3 Å². The van der Waals surface area contributed by atoms with Crippen LogP contribution in [0.3, 0.4) is 0 Å². The molecule has 4 nitrogen and oxygen atoms in total. The van der Waals surface area contributed by atoms with Crippen LogP contribution < -0.4 is 4.72 Å². The fourth-order valence-electron chi connectivity index (χ4n) is 1.34. The van der Waals surface area contributed by atoms with Crippen LogP contribution in [0.1, 0.15) is 10.4 Å². The van der Waals surface area contributed by atoms with E-state index in [0.29, 0.717) is 8.26 Å². The summed E-state index contributed by atoms with van der Waals surface area (Å²) < 4.78 is 28.2. The first-order valence-corrected chi connectivity index (χ1v) is 9.75. The molecule has 0 saturated heterocycles. The number of carbonyl (C=O) groups excluding carboxylic acids is 1. The summed E-state index contributed by atoms with van der Waals surface area (Å²) in [6, 6.07) is 7.90. The summed E-state index contributed by atoms with van der Waals surface area (Å²) in [4.78, 5) is 12.0. The Kier molecular flexibility index (Phi) is 5.06. The maximum Gasteiger partial charge on any atom is 0.273 e. The van der Waals surface area contributed by atoms with E-state index in [-0.39, 0.29) is 9.77 Å². The average Bonchev–Trinajstić information content (AvgIpc) is 2.75. The third-order valence-electron chi connectivity index (χ3n) is 2.22.